The predicted octanol–water partition coefficient (Wildman–Crippen LogP) is -2.11. The van der Waals surface area contributed by atoms with Crippen LogP contribution in [0.5, 0.6) is 0 Å². The minimum Gasteiger partial charge on any atom is -0.480 e. The second-order valence-electron chi connectivity index (χ2n) is 13.6. The van der Waals surface area contributed by atoms with Crippen LogP contribution < -0.4 is 21.7 Å². The molecule has 0 spiro atoms. The number of nitrogens with two attached hydrogens (primary N) is 1. The van der Waals surface area contributed by atoms with Crippen molar-refractivity contribution in [2.75, 3.05) is 65.4 Å². The van der Waals surface area contributed by atoms with Crippen molar-refractivity contribution in [3.05, 3.63) is 60.2 Å². The number of nitrogens with zero attached hydrogens (tertiary/aromatic N) is 3. The molecule has 0 radical (unpaired) electrons. The molecule has 0 aliphatic heterocycles. The van der Waals surface area contributed by atoms with Gasteiger partial charge >= 0.3 is 35.8 Å². The highest BCUT2D eigenvalue weighted by atomic mass is 16.4. The molecule has 22 heteroatoms. The Balaban J connectivity index is 2.37. The summed E-state index contributed by atoms with van der Waals surface area (Å²) in [6.07, 6.45) is 0.786. The molecular formula is C38H51N7O15. The molecule has 0 aromatic heterocycles. The third-order valence-corrected chi connectivity index (χ3v) is 8.80. The molecule has 1 unspecified atom stereocenters. The van der Waals surface area contributed by atoms with Crippen molar-refractivity contribution < 1.29 is 73.8 Å². The summed E-state index contributed by atoms with van der Waals surface area (Å²) in [5.74, 6) is -11.7. The van der Waals surface area contributed by atoms with Gasteiger partial charge in [0.15, 0.2) is 0 Å². The van der Waals surface area contributed by atoms with E-state index in [9.17, 15) is 73.8 Å². The normalized spacial score (nSPS) is 12.6. The number of hydrogen-bond acceptors (Lipinski definition) is 13. The number of carboxylic acids is 6. The van der Waals surface area contributed by atoms with Gasteiger partial charge in [-0.1, -0.05) is 54.6 Å². The molecule has 0 aliphatic rings. The maximum absolute atomic E-state index is 13.7. The van der Waals surface area contributed by atoms with Gasteiger partial charge in [0.05, 0.1) is 39.3 Å². The van der Waals surface area contributed by atoms with Crippen molar-refractivity contribution in [3.63, 3.8) is 0 Å². The van der Waals surface area contributed by atoms with E-state index in [0.29, 0.717) is 29.8 Å². The van der Waals surface area contributed by atoms with Crippen molar-refractivity contribution in [3.8, 4) is 11.1 Å². The summed E-state index contributed by atoms with van der Waals surface area (Å²) in [6, 6.07) is 11.9. The first-order valence-electron chi connectivity index (χ1n) is 18.6. The fourth-order valence-corrected chi connectivity index (χ4v) is 6.00. The lowest BCUT2D eigenvalue weighted by Crippen LogP contribution is -2.58. The molecule has 2 aromatic carbocycles. The van der Waals surface area contributed by atoms with E-state index in [2.05, 4.69) is 16.0 Å². The quantitative estimate of drug-likeness (QED) is 0.0376. The minimum atomic E-state index is -1.76. The van der Waals surface area contributed by atoms with Gasteiger partial charge in [0, 0.05) is 26.1 Å². The van der Waals surface area contributed by atoms with E-state index in [1.165, 1.54) is 0 Å². The number of unbranched alkanes of at least 4 members (excludes halogenated alkanes) is 1. The Kier molecular flexibility index (Phi) is 21.3. The molecule has 22 nitrogen and oxygen atoms in total. The van der Waals surface area contributed by atoms with Crippen molar-refractivity contribution in [1.82, 2.24) is 30.7 Å². The van der Waals surface area contributed by atoms with Gasteiger partial charge in [-0.2, -0.15) is 0 Å². The summed E-state index contributed by atoms with van der Waals surface area (Å²) in [7, 11) is 0. The van der Waals surface area contributed by atoms with Crippen molar-refractivity contribution in [1.29, 1.82) is 0 Å². The van der Waals surface area contributed by atoms with Crippen LogP contribution in [-0.2, 0) is 49.6 Å². The number of carbonyl (C=O) groups excluding carboxylic acids is 3. The largest absolute Gasteiger partial charge is 0.480 e. The molecule has 0 saturated heterocycles. The molecule has 0 bridgehead atoms. The van der Waals surface area contributed by atoms with Crippen LogP contribution in [0.1, 0.15) is 24.8 Å². The molecule has 3 atom stereocenters. The molecule has 0 aliphatic carbocycles. The topological polar surface area (TPSA) is 347 Å². The van der Waals surface area contributed by atoms with Crippen LogP contribution in [0.15, 0.2) is 54.6 Å². The number of benzene rings is 2. The third kappa shape index (κ3) is 19.3. The van der Waals surface area contributed by atoms with E-state index >= 15 is 0 Å². The SMILES string of the molecule is NCCCC[C@H](NC(=O)[C@H](Cc1ccc(-c2ccccc2)cc1)NC(=O)CNC(=O)C(CN(CCN(CC(=O)O)CC(=O)O)CC(=O)O)N(CC(=O)O)CC(=O)O)C(=O)O. The lowest BCUT2D eigenvalue weighted by molar-refractivity contribution is -0.146. The Bertz CT molecular complexity index is 1760. The molecule has 2 rings (SSSR count). The van der Waals surface area contributed by atoms with Gasteiger partial charge in [-0.25, -0.2) is 4.79 Å². The van der Waals surface area contributed by atoms with Crippen LogP contribution in [0.2, 0.25) is 0 Å². The van der Waals surface area contributed by atoms with E-state index in [-0.39, 0.29) is 25.9 Å². The zero-order chi connectivity index (χ0) is 44.8. The van der Waals surface area contributed by atoms with E-state index in [4.69, 9.17) is 5.73 Å². The summed E-state index contributed by atoms with van der Waals surface area (Å²) in [6.45, 7) is -6.40. The van der Waals surface area contributed by atoms with Gasteiger partial charge in [-0.15, -0.1) is 0 Å². The zero-order valence-corrected chi connectivity index (χ0v) is 32.6. The van der Waals surface area contributed by atoms with E-state index < -0.39 is 117 Å². The average molecular weight is 846 g/mol. The highest BCUT2D eigenvalue weighted by Gasteiger charge is 2.33. The molecule has 0 heterocycles. The number of amides is 3. The maximum Gasteiger partial charge on any atom is 0.326 e. The second kappa shape index (κ2) is 25.8. The number of rotatable bonds is 30. The van der Waals surface area contributed by atoms with Crippen LogP contribution >= 0.6 is 0 Å². The van der Waals surface area contributed by atoms with Crippen LogP contribution in [0.3, 0.4) is 0 Å². The summed E-state index contributed by atoms with van der Waals surface area (Å²) in [5.41, 5.74) is 7.85. The Morgan fingerprint density at radius 1 is 0.583 bits per heavy atom. The lowest BCUT2D eigenvalue weighted by Gasteiger charge is -2.33. The Morgan fingerprint density at radius 3 is 1.62 bits per heavy atom. The Labute approximate surface area is 343 Å². The van der Waals surface area contributed by atoms with E-state index in [1.54, 1.807) is 24.3 Å². The number of carboxylic acid groups (broad SMARTS) is 6. The Hall–Kier alpha value is -6.49. The zero-order valence-electron chi connectivity index (χ0n) is 32.6. The first kappa shape index (κ1) is 49.7. The lowest BCUT2D eigenvalue weighted by atomic mass is 10.00. The Morgan fingerprint density at radius 2 is 1.10 bits per heavy atom. The molecule has 328 valence electrons. The molecular weight excluding hydrogens is 794 g/mol. The summed E-state index contributed by atoms with van der Waals surface area (Å²) < 4.78 is 0. The smallest absolute Gasteiger partial charge is 0.326 e. The second-order valence-corrected chi connectivity index (χ2v) is 13.6. The van der Waals surface area contributed by atoms with Gasteiger partial charge in [0.25, 0.3) is 0 Å². The van der Waals surface area contributed by atoms with Crippen LogP contribution in [-0.4, -0.2) is 182 Å². The average Bonchev–Trinajstić information content (AvgIpc) is 3.16. The molecule has 3 amide bonds. The third-order valence-electron chi connectivity index (χ3n) is 8.80. The van der Waals surface area contributed by atoms with Crippen molar-refractivity contribution >= 4 is 53.5 Å². The monoisotopic (exact) mass is 845 g/mol. The van der Waals surface area contributed by atoms with E-state index in [0.717, 1.165) is 20.9 Å². The van der Waals surface area contributed by atoms with Crippen molar-refractivity contribution in [2.45, 2.75) is 43.8 Å². The summed E-state index contributed by atoms with van der Waals surface area (Å²) >= 11 is 0. The van der Waals surface area contributed by atoms with Crippen molar-refractivity contribution in [2.24, 2.45) is 5.73 Å². The molecule has 0 saturated carbocycles. The van der Waals surface area contributed by atoms with Gasteiger partial charge in [-0.3, -0.25) is 53.1 Å². The van der Waals surface area contributed by atoms with Gasteiger partial charge in [0.2, 0.25) is 17.7 Å². The van der Waals surface area contributed by atoms with Gasteiger partial charge in [0.1, 0.15) is 18.1 Å². The first-order chi connectivity index (χ1) is 28.4. The van der Waals surface area contributed by atoms with Gasteiger partial charge < -0.3 is 52.3 Å². The number of carbonyl (C=O) groups is 9. The fourth-order valence-electron chi connectivity index (χ4n) is 6.00. The molecule has 2 aromatic rings. The predicted molar refractivity (Wildman–Crippen MR) is 209 cm³/mol. The highest BCUT2D eigenvalue weighted by Crippen LogP contribution is 2.20. The van der Waals surface area contributed by atoms with Crippen LogP contribution in [0.25, 0.3) is 11.1 Å². The van der Waals surface area contributed by atoms with Crippen LogP contribution in [0, 0.1) is 0 Å². The summed E-state index contributed by atoms with van der Waals surface area (Å²) in [4.78, 5) is 113. The minimum absolute atomic E-state index is 0.0430. The number of hydrogen-bond donors (Lipinski definition) is 10. The standard InChI is InChI=1S/C38H51N7O15/c39-13-5-4-8-27(38(59)60)42-36(57)28(16-24-9-11-26(12-10-24)25-6-2-1-3-7-25)41-30(46)17-40-37(58)29(45(22-34(53)54)23-35(55)56)18-43(19-31(47)48)14-15-44(20-32(49)50)21-33(51)52/h1-3,6-7,9-12,27-29H,4-5,8,13-23,39H2,(H,40,58)(H,41,46)(H,42,57)(H,47,48)(H,49,50)(H,51,52)(H,53,54)(H,55,56)(H,59,60)/t27-,28-,29?/m0/s1. The molecule has 0 fully saturated rings. The summed E-state index contributed by atoms with van der Waals surface area (Å²) in [5, 5.41) is 63.9. The van der Waals surface area contributed by atoms with Crippen LogP contribution in [0.4, 0.5) is 0 Å². The number of aliphatic carboxylic acids is 6. The first-order valence-corrected chi connectivity index (χ1v) is 18.6. The molecule has 11 N–H and O–H groups in total. The maximum atomic E-state index is 13.7. The highest BCUT2D eigenvalue weighted by molar-refractivity contribution is 5.93. The van der Waals surface area contributed by atoms with Gasteiger partial charge in [-0.05, 0) is 42.5 Å². The van der Waals surface area contributed by atoms with E-state index in [1.807, 2.05) is 30.3 Å². The molecule has 60 heavy (non-hydrogen) atoms. The fraction of sp³-hybridized carbons (Fsp3) is 0.447. The number of nitrogens with one attached hydrogen (secondary N) is 3.